The van der Waals surface area contributed by atoms with Crippen LogP contribution in [0.15, 0.2) is 18.2 Å². The van der Waals surface area contributed by atoms with E-state index in [0.29, 0.717) is 12.6 Å². The Labute approximate surface area is 125 Å². The molecule has 1 unspecified atom stereocenters. The third-order valence-electron chi connectivity index (χ3n) is 4.68. The summed E-state index contributed by atoms with van der Waals surface area (Å²) in [6, 6.07) is 5.32. The molecule has 3 rings (SSSR count). The Bertz CT molecular complexity index is 474. The molecule has 0 radical (unpaired) electrons. The minimum absolute atomic E-state index is 0.0790. The van der Waals surface area contributed by atoms with Crippen molar-refractivity contribution in [2.45, 2.75) is 50.7 Å². The topological polar surface area (TPSA) is 32.7 Å². The Morgan fingerprint density at radius 1 is 1.24 bits per heavy atom. The molecule has 4 heteroatoms. The molecular weight excluding hydrogens is 269 g/mol. The van der Waals surface area contributed by atoms with Gasteiger partial charge in [-0.2, -0.15) is 0 Å². The highest BCUT2D eigenvalue weighted by Crippen LogP contribution is 2.31. The van der Waals surface area contributed by atoms with Gasteiger partial charge in [-0.1, -0.05) is 19.3 Å². The zero-order chi connectivity index (χ0) is 14.7. The number of fused-ring (bicyclic) bond motifs is 1. The van der Waals surface area contributed by atoms with Crippen molar-refractivity contribution in [3.05, 3.63) is 29.6 Å². The van der Waals surface area contributed by atoms with E-state index in [4.69, 9.17) is 4.74 Å². The molecule has 1 fully saturated rings. The second-order valence-corrected chi connectivity index (χ2v) is 6.21. The van der Waals surface area contributed by atoms with Gasteiger partial charge in [0.15, 0.2) is 0 Å². The molecule has 0 amide bonds. The first-order chi connectivity index (χ1) is 10.3. The van der Waals surface area contributed by atoms with E-state index in [0.717, 1.165) is 24.3 Å². The van der Waals surface area contributed by atoms with Crippen LogP contribution in [0.4, 0.5) is 4.39 Å². The van der Waals surface area contributed by atoms with Gasteiger partial charge in [0.1, 0.15) is 17.7 Å². The summed E-state index contributed by atoms with van der Waals surface area (Å²) in [5, 5.41) is 9.32. The molecular formula is C17H24FNO2. The number of hydrogen-bond acceptors (Lipinski definition) is 3. The number of rotatable bonds is 5. The average Bonchev–Trinajstić information content (AvgIpc) is 2.89. The maximum atomic E-state index is 13.3. The highest BCUT2D eigenvalue weighted by molar-refractivity contribution is 5.37. The van der Waals surface area contributed by atoms with Crippen LogP contribution < -0.4 is 4.74 Å². The lowest BCUT2D eigenvalue weighted by molar-refractivity contribution is 0.0796. The van der Waals surface area contributed by atoms with Crippen LogP contribution >= 0.6 is 0 Å². The zero-order valence-electron chi connectivity index (χ0n) is 12.4. The van der Waals surface area contributed by atoms with Crippen molar-refractivity contribution in [2.75, 3.05) is 19.7 Å². The molecule has 1 N–H and O–H groups in total. The maximum absolute atomic E-state index is 13.3. The normalized spacial score (nSPS) is 22.3. The highest BCUT2D eigenvalue weighted by Gasteiger charge is 2.28. The van der Waals surface area contributed by atoms with Crippen LogP contribution in [-0.4, -0.2) is 41.8 Å². The van der Waals surface area contributed by atoms with Gasteiger partial charge in [0, 0.05) is 31.1 Å². The van der Waals surface area contributed by atoms with Crippen molar-refractivity contribution < 1.29 is 14.2 Å². The summed E-state index contributed by atoms with van der Waals surface area (Å²) in [5.41, 5.74) is 0.965. The van der Waals surface area contributed by atoms with Gasteiger partial charge < -0.3 is 9.84 Å². The fourth-order valence-electron chi connectivity index (χ4n) is 3.65. The van der Waals surface area contributed by atoms with Gasteiger partial charge in [-0.15, -0.1) is 0 Å². The molecule has 0 bridgehead atoms. The summed E-state index contributed by atoms with van der Waals surface area (Å²) in [6.45, 7) is 1.71. The molecule has 1 heterocycles. The quantitative estimate of drug-likeness (QED) is 0.906. The lowest BCUT2D eigenvalue weighted by atomic mass is 9.94. The monoisotopic (exact) mass is 293 g/mol. The number of aliphatic hydroxyl groups is 1. The van der Waals surface area contributed by atoms with E-state index in [-0.39, 0.29) is 18.5 Å². The summed E-state index contributed by atoms with van der Waals surface area (Å²) in [7, 11) is 0. The van der Waals surface area contributed by atoms with Crippen molar-refractivity contribution in [3.8, 4) is 5.75 Å². The van der Waals surface area contributed by atoms with E-state index < -0.39 is 0 Å². The largest absolute Gasteiger partial charge is 0.488 e. The van der Waals surface area contributed by atoms with E-state index in [1.54, 1.807) is 12.1 Å². The molecule has 2 aliphatic rings. The maximum Gasteiger partial charge on any atom is 0.123 e. The number of hydrogen-bond donors (Lipinski definition) is 1. The van der Waals surface area contributed by atoms with Crippen LogP contribution in [0.1, 0.15) is 37.7 Å². The Morgan fingerprint density at radius 3 is 2.81 bits per heavy atom. The van der Waals surface area contributed by atoms with Crippen LogP contribution in [0.5, 0.6) is 5.75 Å². The Balaban J connectivity index is 1.61. The molecule has 1 aliphatic heterocycles. The summed E-state index contributed by atoms with van der Waals surface area (Å²) in [4.78, 5) is 2.37. The van der Waals surface area contributed by atoms with E-state index in [9.17, 15) is 9.50 Å². The number of ether oxygens (including phenoxy) is 1. The van der Waals surface area contributed by atoms with E-state index in [1.165, 1.54) is 38.2 Å². The minimum Gasteiger partial charge on any atom is -0.488 e. The molecule has 3 nitrogen and oxygen atoms in total. The summed E-state index contributed by atoms with van der Waals surface area (Å²) >= 11 is 0. The fraction of sp³-hybridized carbons (Fsp3) is 0.647. The van der Waals surface area contributed by atoms with Crippen molar-refractivity contribution >= 4 is 0 Å². The molecule has 1 aromatic carbocycles. The van der Waals surface area contributed by atoms with Crippen molar-refractivity contribution in [3.63, 3.8) is 0 Å². The standard InChI is InChI=1S/C17H24FNO2/c18-14-6-7-17-13(10-14)11-16(21-17)12-19(8-9-20)15-4-2-1-3-5-15/h6-7,10,15-16,20H,1-5,8-9,11-12H2. The average molecular weight is 293 g/mol. The summed E-state index contributed by atoms with van der Waals surface area (Å²) in [5.74, 6) is 0.617. The predicted octanol–water partition coefficient (Wildman–Crippen LogP) is 2.76. The first-order valence-corrected chi connectivity index (χ1v) is 8.06. The summed E-state index contributed by atoms with van der Waals surface area (Å²) < 4.78 is 19.2. The zero-order valence-corrected chi connectivity index (χ0v) is 12.4. The second-order valence-electron chi connectivity index (χ2n) is 6.21. The van der Waals surface area contributed by atoms with Crippen molar-refractivity contribution in [1.82, 2.24) is 4.90 Å². The fourth-order valence-corrected chi connectivity index (χ4v) is 3.65. The molecule has 0 spiro atoms. The molecule has 0 aromatic heterocycles. The SMILES string of the molecule is OCCN(CC1Cc2cc(F)ccc2O1)C1CCCCC1. The molecule has 116 valence electrons. The second kappa shape index (κ2) is 6.75. The van der Waals surface area contributed by atoms with Gasteiger partial charge in [0.05, 0.1) is 6.61 Å². The third-order valence-corrected chi connectivity index (χ3v) is 4.68. The van der Waals surface area contributed by atoms with Gasteiger partial charge in [-0.25, -0.2) is 4.39 Å². The Morgan fingerprint density at radius 2 is 2.05 bits per heavy atom. The van der Waals surface area contributed by atoms with Gasteiger partial charge >= 0.3 is 0 Å². The van der Waals surface area contributed by atoms with E-state index in [2.05, 4.69) is 4.90 Å². The number of aliphatic hydroxyl groups excluding tert-OH is 1. The Kier molecular flexibility index (Phi) is 4.76. The summed E-state index contributed by atoms with van der Waals surface area (Å²) in [6.07, 6.45) is 7.17. The van der Waals surface area contributed by atoms with Crippen LogP contribution in [0.2, 0.25) is 0 Å². The molecule has 1 aromatic rings. The molecule has 0 saturated heterocycles. The van der Waals surface area contributed by atoms with Crippen LogP contribution in [-0.2, 0) is 6.42 Å². The lowest BCUT2D eigenvalue weighted by Gasteiger charge is -2.35. The number of halogens is 1. The molecule has 1 saturated carbocycles. The highest BCUT2D eigenvalue weighted by atomic mass is 19.1. The van der Waals surface area contributed by atoms with E-state index in [1.807, 2.05) is 0 Å². The molecule has 1 aliphatic carbocycles. The Hall–Kier alpha value is -1.13. The minimum atomic E-state index is -0.197. The number of nitrogens with zero attached hydrogens (tertiary/aromatic N) is 1. The van der Waals surface area contributed by atoms with Crippen LogP contribution in [0.3, 0.4) is 0 Å². The predicted molar refractivity (Wildman–Crippen MR) is 80.1 cm³/mol. The van der Waals surface area contributed by atoms with Gasteiger partial charge in [-0.05, 0) is 31.0 Å². The third kappa shape index (κ3) is 3.55. The van der Waals surface area contributed by atoms with E-state index >= 15 is 0 Å². The first-order valence-electron chi connectivity index (χ1n) is 8.06. The van der Waals surface area contributed by atoms with Gasteiger partial charge in [0.25, 0.3) is 0 Å². The van der Waals surface area contributed by atoms with Crippen LogP contribution in [0, 0.1) is 5.82 Å². The first kappa shape index (κ1) is 14.8. The van der Waals surface area contributed by atoms with Crippen LogP contribution in [0.25, 0.3) is 0 Å². The van der Waals surface area contributed by atoms with Crippen molar-refractivity contribution in [1.29, 1.82) is 0 Å². The lowest BCUT2D eigenvalue weighted by Crippen LogP contribution is -2.44. The molecule has 1 atom stereocenters. The van der Waals surface area contributed by atoms with Gasteiger partial charge in [-0.3, -0.25) is 4.90 Å². The van der Waals surface area contributed by atoms with Gasteiger partial charge in [0.2, 0.25) is 0 Å². The number of benzene rings is 1. The van der Waals surface area contributed by atoms with Crippen molar-refractivity contribution in [2.24, 2.45) is 0 Å². The smallest absolute Gasteiger partial charge is 0.123 e. The molecule has 21 heavy (non-hydrogen) atoms.